The molecule has 1 heterocycles. The second-order valence-electron chi connectivity index (χ2n) is 6.13. The highest BCUT2D eigenvalue weighted by Crippen LogP contribution is 2.27. The SMILES string of the molecule is C[C@@H](NC(=O)NC1CCC(n2cncn2)CC1)c1ccccc1. The van der Waals surface area contributed by atoms with Crippen LogP contribution in [0.5, 0.6) is 0 Å². The van der Waals surface area contributed by atoms with E-state index in [0.29, 0.717) is 6.04 Å². The van der Waals surface area contributed by atoms with Gasteiger partial charge in [-0.1, -0.05) is 30.3 Å². The second-order valence-corrected chi connectivity index (χ2v) is 6.13. The fourth-order valence-corrected chi connectivity index (χ4v) is 3.14. The molecule has 0 unspecified atom stereocenters. The van der Waals surface area contributed by atoms with E-state index < -0.39 is 0 Å². The van der Waals surface area contributed by atoms with Crippen LogP contribution in [0.15, 0.2) is 43.0 Å². The van der Waals surface area contributed by atoms with E-state index in [1.807, 2.05) is 41.9 Å². The molecule has 122 valence electrons. The minimum absolute atomic E-state index is 0.00249. The van der Waals surface area contributed by atoms with Crippen LogP contribution in [-0.4, -0.2) is 26.8 Å². The summed E-state index contributed by atoms with van der Waals surface area (Å²) in [6.07, 6.45) is 7.32. The molecule has 1 atom stereocenters. The number of hydrogen-bond acceptors (Lipinski definition) is 3. The van der Waals surface area contributed by atoms with Gasteiger partial charge in [0.05, 0.1) is 12.1 Å². The van der Waals surface area contributed by atoms with Crippen LogP contribution >= 0.6 is 0 Å². The lowest BCUT2D eigenvalue weighted by molar-refractivity contribution is 0.222. The van der Waals surface area contributed by atoms with Gasteiger partial charge in [-0.05, 0) is 38.2 Å². The Labute approximate surface area is 136 Å². The number of nitrogens with one attached hydrogen (secondary N) is 2. The Hall–Kier alpha value is -2.37. The van der Waals surface area contributed by atoms with Crippen LogP contribution in [0.2, 0.25) is 0 Å². The Morgan fingerprint density at radius 1 is 1.22 bits per heavy atom. The molecule has 1 aliphatic carbocycles. The lowest BCUT2D eigenvalue weighted by Gasteiger charge is -2.29. The van der Waals surface area contributed by atoms with Crippen LogP contribution in [0.3, 0.4) is 0 Å². The van der Waals surface area contributed by atoms with Gasteiger partial charge < -0.3 is 10.6 Å². The van der Waals surface area contributed by atoms with Gasteiger partial charge in [0.25, 0.3) is 0 Å². The Kier molecular flexibility index (Phi) is 4.90. The van der Waals surface area contributed by atoms with Gasteiger partial charge in [-0.15, -0.1) is 0 Å². The van der Waals surface area contributed by atoms with Crippen LogP contribution in [0, 0.1) is 0 Å². The molecule has 3 rings (SSSR count). The molecule has 2 N–H and O–H groups in total. The summed E-state index contributed by atoms with van der Waals surface area (Å²) in [5.41, 5.74) is 1.11. The zero-order valence-corrected chi connectivity index (χ0v) is 13.4. The molecule has 0 radical (unpaired) electrons. The number of urea groups is 1. The van der Waals surface area contributed by atoms with Gasteiger partial charge in [0.1, 0.15) is 12.7 Å². The molecule has 0 aliphatic heterocycles. The first kappa shape index (κ1) is 15.5. The number of carbonyl (C=O) groups is 1. The summed E-state index contributed by atoms with van der Waals surface area (Å²) in [5, 5.41) is 10.3. The largest absolute Gasteiger partial charge is 0.335 e. The first-order chi connectivity index (χ1) is 11.2. The average molecular weight is 313 g/mol. The van der Waals surface area contributed by atoms with Crippen LogP contribution in [-0.2, 0) is 0 Å². The normalized spacial score (nSPS) is 22.3. The van der Waals surface area contributed by atoms with Crippen LogP contribution < -0.4 is 10.6 Å². The third kappa shape index (κ3) is 4.09. The predicted molar refractivity (Wildman–Crippen MR) is 87.8 cm³/mol. The topological polar surface area (TPSA) is 71.8 Å². The summed E-state index contributed by atoms with van der Waals surface area (Å²) in [7, 11) is 0. The maximum atomic E-state index is 12.2. The average Bonchev–Trinajstić information content (AvgIpc) is 3.11. The molecular formula is C17H23N5O. The summed E-state index contributed by atoms with van der Waals surface area (Å²) in [4.78, 5) is 16.2. The first-order valence-electron chi connectivity index (χ1n) is 8.18. The summed E-state index contributed by atoms with van der Waals surface area (Å²) < 4.78 is 1.92. The van der Waals surface area contributed by atoms with Gasteiger partial charge >= 0.3 is 6.03 Å². The van der Waals surface area contributed by atoms with E-state index in [1.165, 1.54) is 0 Å². The fraction of sp³-hybridized carbons (Fsp3) is 0.471. The highest BCUT2D eigenvalue weighted by atomic mass is 16.2. The van der Waals surface area contributed by atoms with Gasteiger partial charge in [0.2, 0.25) is 0 Å². The quantitative estimate of drug-likeness (QED) is 0.911. The van der Waals surface area contributed by atoms with E-state index >= 15 is 0 Å². The smallest absolute Gasteiger partial charge is 0.315 e. The van der Waals surface area contributed by atoms with Crippen molar-refractivity contribution in [2.45, 2.75) is 50.7 Å². The minimum Gasteiger partial charge on any atom is -0.335 e. The zero-order chi connectivity index (χ0) is 16.1. The van der Waals surface area contributed by atoms with E-state index in [-0.39, 0.29) is 18.1 Å². The van der Waals surface area contributed by atoms with Gasteiger partial charge in [0, 0.05) is 6.04 Å². The van der Waals surface area contributed by atoms with E-state index in [0.717, 1.165) is 31.2 Å². The molecule has 6 nitrogen and oxygen atoms in total. The van der Waals surface area contributed by atoms with Crippen molar-refractivity contribution < 1.29 is 4.79 Å². The number of carbonyl (C=O) groups excluding carboxylic acids is 1. The van der Waals surface area contributed by atoms with Crippen LogP contribution in [0.4, 0.5) is 4.79 Å². The molecule has 1 aliphatic rings. The predicted octanol–water partition coefficient (Wildman–Crippen LogP) is 2.82. The zero-order valence-electron chi connectivity index (χ0n) is 13.4. The number of benzene rings is 1. The Balaban J connectivity index is 1.44. The molecule has 2 amide bonds. The van der Waals surface area contributed by atoms with Gasteiger partial charge in [-0.2, -0.15) is 5.10 Å². The monoisotopic (exact) mass is 313 g/mol. The fourth-order valence-electron chi connectivity index (χ4n) is 3.14. The third-order valence-electron chi connectivity index (χ3n) is 4.49. The van der Waals surface area contributed by atoms with E-state index in [9.17, 15) is 4.79 Å². The van der Waals surface area contributed by atoms with Gasteiger partial charge in [0.15, 0.2) is 0 Å². The van der Waals surface area contributed by atoms with Gasteiger partial charge in [-0.25, -0.2) is 14.5 Å². The lowest BCUT2D eigenvalue weighted by atomic mass is 9.91. The van der Waals surface area contributed by atoms with Crippen molar-refractivity contribution in [2.75, 3.05) is 0 Å². The number of nitrogens with zero attached hydrogens (tertiary/aromatic N) is 3. The molecule has 23 heavy (non-hydrogen) atoms. The van der Waals surface area contributed by atoms with Crippen LogP contribution in [0.25, 0.3) is 0 Å². The highest BCUT2D eigenvalue weighted by Gasteiger charge is 2.24. The Bertz CT molecular complexity index is 605. The maximum absolute atomic E-state index is 12.2. The Morgan fingerprint density at radius 2 is 1.96 bits per heavy atom. The van der Waals surface area contributed by atoms with Crippen molar-refractivity contribution in [1.29, 1.82) is 0 Å². The molecule has 0 saturated heterocycles. The van der Waals surface area contributed by atoms with Crippen molar-refractivity contribution in [3.8, 4) is 0 Å². The number of hydrogen-bond donors (Lipinski definition) is 2. The van der Waals surface area contributed by atoms with E-state index in [1.54, 1.807) is 12.7 Å². The second kappa shape index (κ2) is 7.26. The molecule has 0 spiro atoms. The maximum Gasteiger partial charge on any atom is 0.315 e. The third-order valence-corrected chi connectivity index (χ3v) is 4.49. The number of aromatic nitrogens is 3. The number of amides is 2. The molecule has 2 aromatic rings. The molecule has 0 bridgehead atoms. The first-order valence-corrected chi connectivity index (χ1v) is 8.18. The van der Waals surface area contributed by atoms with Crippen molar-refractivity contribution >= 4 is 6.03 Å². The molecular weight excluding hydrogens is 290 g/mol. The van der Waals surface area contributed by atoms with Gasteiger partial charge in [-0.3, -0.25) is 0 Å². The highest BCUT2D eigenvalue weighted by molar-refractivity contribution is 5.74. The van der Waals surface area contributed by atoms with E-state index in [2.05, 4.69) is 20.7 Å². The summed E-state index contributed by atoms with van der Waals surface area (Å²) in [5.74, 6) is 0. The van der Waals surface area contributed by atoms with Crippen molar-refractivity contribution in [3.05, 3.63) is 48.5 Å². The lowest BCUT2D eigenvalue weighted by Crippen LogP contribution is -2.44. The van der Waals surface area contributed by atoms with E-state index in [4.69, 9.17) is 0 Å². The van der Waals surface area contributed by atoms with Crippen molar-refractivity contribution in [2.24, 2.45) is 0 Å². The molecule has 1 saturated carbocycles. The molecule has 1 aromatic heterocycles. The number of rotatable bonds is 4. The van der Waals surface area contributed by atoms with Crippen molar-refractivity contribution in [1.82, 2.24) is 25.4 Å². The standard InChI is InChI=1S/C17H23N5O/c1-13(14-5-3-2-4-6-14)20-17(23)21-15-7-9-16(10-8-15)22-12-18-11-19-22/h2-6,11-13,15-16H,7-10H2,1H3,(H2,20,21,23)/t13-,15?,16?/m1/s1. The minimum atomic E-state index is -0.0921. The summed E-state index contributed by atoms with van der Waals surface area (Å²) in [6, 6.07) is 10.5. The summed E-state index contributed by atoms with van der Waals surface area (Å²) in [6.45, 7) is 2.00. The molecule has 1 aromatic carbocycles. The molecule has 6 heteroatoms. The molecule has 1 fully saturated rings. The van der Waals surface area contributed by atoms with Crippen molar-refractivity contribution in [3.63, 3.8) is 0 Å². The summed E-state index contributed by atoms with van der Waals surface area (Å²) >= 11 is 0. The Morgan fingerprint density at radius 3 is 2.61 bits per heavy atom. The van der Waals surface area contributed by atoms with Crippen LogP contribution in [0.1, 0.15) is 50.3 Å².